The van der Waals surface area contributed by atoms with Crippen LogP contribution in [0.5, 0.6) is 5.75 Å². The number of amides is 2. The molecular formula is C26H25BrCl2N2O3. The number of ether oxygens (including phenoxy) is 1. The zero-order chi connectivity index (χ0) is 24.5. The highest BCUT2D eigenvalue weighted by atomic mass is 79.9. The van der Waals surface area contributed by atoms with Gasteiger partial charge in [-0.25, -0.2) is 0 Å². The van der Waals surface area contributed by atoms with E-state index in [9.17, 15) is 9.59 Å². The van der Waals surface area contributed by atoms with E-state index in [4.69, 9.17) is 27.9 Å². The van der Waals surface area contributed by atoms with Crippen LogP contribution in [-0.2, 0) is 22.6 Å². The van der Waals surface area contributed by atoms with Gasteiger partial charge in [-0.2, -0.15) is 0 Å². The summed E-state index contributed by atoms with van der Waals surface area (Å²) in [5, 5.41) is 3.93. The van der Waals surface area contributed by atoms with Crippen molar-refractivity contribution >= 4 is 50.9 Å². The summed E-state index contributed by atoms with van der Waals surface area (Å²) in [6.45, 7) is 2.21. The van der Waals surface area contributed by atoms with Crippen molar-refractivity contribution in [2.24, 2.45) is 0 Å². The number of carbonyl (C=O) groups excluding carboxylic acids is 2. The van der Waals surface area contributed by atoms with Crippen molar-refractivity contribution < 1.29 is 14.3 Å². The second kappa shape index (κ2) is 12.8. The number of nitrogens with zero attached hydrogens (tertiary/aromatic N) is 1. The summed E-state index contributed by atoms with van der Waals surface area (Å²) >= 11 is 15.8. The maximum atomic E-state index is 13.5. The van der Waals surface area contributed by atoms with E-state index in [0.29, 0.717) is 33.2 Å². The number of benzene rings is 3. The summed E-state index contributed by atoms with van der Waals surface area (Å²) in [4.78, 5) is 28.2. The van der Waals surface area contributed by atoms with Crippen LogP contribution in [0, 0.1) is 0 Å². The van der Waals surface area contributed by atoms with Crippen LogP contribution in [0.2, 0.25) is 10.0 Å². The Kier molecular flexibility index (Phi) is 9.81. The third-order valence-corrected chi connectivity index (χ3v) is 6.39. The number of rotatable bonds is 10. The second-order valence-electron chi connectivity index (χ2n) is 7.58. The summed E-state index contributed by atoms with van der Waals surface area (Å²) < 4.78 is 6.42. The average molecular weight is 564 g/mol. The van der Waals surface area contributed by atoms with Gasteiger partial charge in [0.25, 0.3) is 5.91 Å². The Balaban J connectivity index is 1.91. The van der Waals surface area contributed by atoms with Gasteiger partial charge in [-0.15, -0.1) is 0 Å². The fourth-order valence-electron chi connectivity index (χ4n) is 3.47. The minimum Gasteiger partial charge on any atom is -0.483 e. The van der Waals surface area contributed by atoms with Crippen LogP contribution in [0.25, 0.3) is 0 Å². The molecule has 0 aliphatic carbocycles. The Labute approximate surface area is 218 Å². The Bertz CT molecular complexity index is 1130. The fraction of sp³-hybridized carbons (Fsp3) is 0.231. The average Bonchev–Trinajstić information content (AvgIpc) is 2.82. The Morgan fingerprint density at radius 1 is 1.03 bits per heavy atom. The molecule has 8 heteroatoms. The van der Waals surface area contributed by atoms with E-state index in [2.05, 4.69) is 21.2 Å². The molecule has 0 aliphatic heterocycles. The van der Waals surface area contributed by atoms with Gasteiger partial charge in [0.05, 0.1) is 4.47 Å². The van der Waals surface area contributed by atoms with Gasteiger partial charge in [0.15, 0.2) is 6.61 Å². The summed E-state index contributed by atoms with van der Waals surface area (Å²) in [7, 11) is 0. The van der Waals surface area contributed by atoms with Crippen LogP contribution in [0.3, 0.4) is 0 Å². The first kappa shape index (κ1) is 26.1. The van der Waals surface area contributed by atoms with Crippen molar-refractivity contribution in [2.75, 3.05) is 13.2 Å². The number of nitrogens with one attached hydrogen (secondary N) is 1. The number of hydrogen-bond acceptors (Lipinski definition) is 3. The first-order valence-electron chi connectivity index (χ1n) is 10.8. The monoisotopic (exact) mass is 562 g/mol. The number of carbonyl (C=O) groups is 2. The lowest BCUT2D eigenvalue weighted by molar-refractivity contribution is -0.142. The van der Waals surface area contributed by atoms with Gasteiger partial charge in [-0.3, -0.25) is 9.59 Å². The van der Waals surface area contributed by atoms with Gasteiger partial charge >= 0.3 is 0 Å². The molecule has 0 aliphatic rings. The first-order valence-corrected chi connectivity index (χ1v) is 12.4. The maximum absolute atomic E-state index is 13.5. The number of likely N-dealkylation sites (N-methyl/N-ethyl adjacent to an activating group) is 1. The SMILES string of the molecule is CCNC(=O)[C@H](Cc1ccccc1)N(Cc1ccccc1Cl)C(=O)COc1ccc(Cl)cc1Br. The van der Waals surface area contributed by atoms with Gasteiger partial charge in [-0.1, -0.05) is 71.7 Å². The van der Waals surface area contributed by atoms with Crippen molar-refractivity contribution in [3.8, 4) is 5.75 Å². The molecule has 0 heterocycles. The quantitative estimate of drug-likeness (QED) is 0.333. The summed E-state index contributed by atoms with van der Waals surface area (Å²) in [5.41, 5.74) is 1.68. The first-order chi connectivity index (χ1) is 16.4. The van der Waals surface area contributed by atoms with Gasteiger partial charge < -0.3 is 15.0 Å². The molecule has 3 aromatic carbocycles. The fourth-order valence-corrected chi connectivity index (χ4v) is 4.46. The lowest BCUT2D eigenvalue weighted by Crippen LogP contribution is -2.51. The number of hydrogen-bond donors (Lipinski definition) is 1. The third kappa shape index (κ3) is 7.23. The molecule has 3 rings (SSSR count). The van der Waals surface area contributed by atoms with Crippen molar-refractivity contribution in [1.29, 1.82) is 0 Å². The molecule has 178 valence electrons. The van der Waals surface area contributed by atoms with Gasteiger partial charge in [0.2, 0.25) is 5.91 Å². The maximum Gasteiger partial charge on any atom is 0.261 e. The van der Waals surface area contributed by atoms with Crippen LogP contribution >= 0.6 is 39.1 Å². The normalized spacial score (nSPS) is 11.5. The summed E-state index contributed by atoms with van der Waals surface area (Å²) in [5.74, 6) is -0.0959. The Hall–Kier alpha value is -2.54. The largest absolute Gasteiger partial charge is 0.483 e. The van der Waals surface area contributed by atoms with Crippen LogP contribution in [0.15, 0.2) is 77.3 Å². The predicted octanol–water partition coefficient (Wildman–Crippen LogP) is 5.91. The number of halogens is 3. The van der Waals surface area contributed by atoms with Crippen molar-refractivity contribution in [3.63, 3.8) is 0 Å². The smallest absolute Gasteiger partial charge is 0.261 e. The van der Waals surface area contributed by atoms with Crippen molar-refractivity contribution in [3.05, 3.63) is 98.4 Å². The minimum atomic E-state index is -0.747. The Morgan fingerprint density at radius 2 is 1.74 bits per heavy atom. The molecule has 0 fully saturated rings. The summed E-state index contributed by atoms with van der Waals surface area (Å²) in [6.07, 6.45) is 0.355. The Morgan fingerprint density at radius 3 is 2.41 bits per heavy atom. The molecule has 1 N–H and O–H groups in total. The van der Waals surface area contributed by atoms with E-state index in [0.717, 1.165) is 11.1 Å². The third-order valence-electron chi connectivity index (χ3n) is 5.17. The molecule has 34 heavy (non-hydrogen) atoms. The molecule has 0 saturated heterocycles. The molecule has 2 amide bonds. The van der Waals surface area contributed by atoms with Crippen LogP contribution in [0.4, 0.5) is 0 Å². The summed E-state index contributed by atoms with van der Waals surface area (Å²) in [6, 6.07) is 21.2. The molecule has 0 unspecified atom stereocenters. The van der Waals surface area contributed by atoms with Crippen molar-refractivity contribution in [2.45, 2.75) is 25.9 Å². The van der Waals surface area contributed by atoms with Crippen LogP contribution < -0.4 is 10.1 Å². The highest BCUT2D eigenvalue weighted by Gasteiger charge is 2.31. The molecule has 0 saturated carbocycles. The van der Waals surface area contributed by atoms with Crippen LogP contribution in [-0.4, -0.2) is 35.9 Å². The van der Waals surface area contributed by atoms with Crippen LogP contribution in [0.1, 0.15) is 18.1 Å². The molecule has 0 spiro atoms. The lowest BCUT2D eigenvalue weighted by atomic mass is 10.0. The molecule has 0 bridgehead atoms. The topological polar surface area (TPSA) is 58.6 Å². The van der Waals surface area contributed by atoms with Gasteiger partial charge in [-0.05, 0) is 58.2 Å². The standard InChI is InChI=1S/C26H25BrCl2N2O3/c1-2-30-26(33)23(14-18-8-4-3-5-9-18)31(16-19-10-6-7-11-22(19)29)25(32)17-34-24-13-12-20(28)15-21(24)27/h3-13,15,23H,2,14,16-17H2,1H3,(H,30,33)/t23-/m0/s1. The highest BCUT2D eigenvalue weighted by Crippen LogP contribution is 2.28. The van der Waals surface area contributed by atoms with Gasteiger partial charge in [0.1, 0.15) is 11.8 Å². The van der Waals surface area contributed by atoms with E-state index >= 15 is 0 Å². The lowest BCUT2D eigenvalue weighted by Gasteiger charge is -2.31. The zero-order valence-electron chi connectivity index (χ0n) is 18.6. The minimum absolute atomic E-state index is 0.165. The van der Waals surface area contributed by atoms with Crippen molar-refractivity contribution in [1.82, 2.24) is 10.2 Å². The molecule has 0 radical (unpaired) electrons. The predicted molar refractivity (Wildman–Crippen MR) is 139 cm³/mol. The van der Waals surface area contributed by atoms with E-state index in [1.54, 1.807) is 24.3 Å². The van der Waals surface area contributed by atoms with Gasteiger partial charge in [0, 0.05) is 29.6 Å². The van der Waals surface area contributed by atoms with E-state index in [1.807, 2.05) is 55.5 Å². The molecular weight excluding hydrogens is 539 g/mol. The molecule has 3 aromatic rings. The molecule has 0 aromatic heterocycles. The van der Waals surface area contributed by atoms with E-state index < -0.39 is 6.04 Å². The molecule has 5 nitrogen and oxygen atoms in total. The zero-order valence-corrected chi connectivity index (χ0v) is 21.7. The van der Waals surface area contributed by atoms with E-state index in [-0.39, 0.29) is 25.0 Å². The highest BCUT2D eigenvalue weighted by molar-refractivity contribution is 9.10. The van der Waals surface area contributed by atoms with E-state index in [1.165, 1.54) is 4.90 Å². The second-order valence-corrected chi connectivity index (χ2v) is 9.27. The molecule has 1 atom stereocenters.